The van der Waals surface area contributed by atoms with Crippen LogP contribution in [0.2, 0.25) is 0 Å². The number of ether oxygens (including phenoxy) is 1. The van der Waals surface area contributed by atoms with Crippen LogP contribution in [-0.2, 0) is 14.3 Å². The fourth-order valence-corrected chi connectivity index (χ4v) is 2.69. The third-order valence-electron chi connectivity index (χ3n) is 3.31. The smallest absolute Gasteiger partial charge is 0.310 e. The van der Waals surface area contributed by atoms with Crippen LogP contribution in [0.4, 0.5) is 0 Å². The summed E-state index contributed by atoms with van der Waals surface area (Å²) in [6.45, 7) is 1.69. The molecule has 0 aliphatic carbocycles. The predicted octanol–water partition coefficient (Wildman–Crippen LogP) is 0.339. The van der Waals surface area contributed by atoms with E-state index in [2.05, 4.69) is 0 Å². The second-order valence-corrected chi connectivity index (χ2v) is 4.19. The number of carboxylic acid groups (broad SMARTS) is 2. The molecule has 0 amide bonds. The van der Waals surface area contributed by atoms with Crippen molar-refractivity contribution in [1.29, 1.82) is 0 Å². The van der Waals surface area contributed by atoms with Crippen molar-refractivity contribution in [2.45, 2.75) is 31.5 Å². The van der Waals surface area contributed by atoms with E-state index in [1.165, 1.54) is 0 Å². The molecule has 14 heavy (non-hydrogen) atoms. The average Bonchev–Trinajstić information content (AvgIpc) is 2.55. The molecule has 2 heterocycles. The quantitative estimate of drug-likeness (QED) is 0.671. The van der Waals surface area contributed by atoms with Crippen molar-refractivity contribution in [1.82, 2.24) is 0 Å². The first-order valence-corrected chi connectivity index (χ1v) is 4.59. The molecule has 0 saturated carbocycles. The first-order chi connectivity index (χ1) is 6.46. The zero-order valence-electron chi connectivity index (χ0n) is 7.77. The fraction of sp³-hybridized carbons (Fsp3) is 0.778. The van der Waals surface area contributed by atoms with Crippen molar-refractivity contribution >= 4 is 11.9 Å². The molecule has 5 nitrogen and oxygen atoms in total. The minimum absolute atomic E-state index is 0.418. The molecule has 0 aromatic heterocycles. The van der Waals surface area contributed by atoms with E-state index in [1.54, 1.807) is 6.92 Å². The molecule has 2 aliphatic rings. The molecule has 0 aromatic carbocycles. The van der Waals surface area contributed by atoms with Crippen LogP contribution in [-0.4, -0.2) is 33.9 Å². The Labute approximate surface area is 80.7 Å². The Morgan fingerprint density at radius 1 is 1.36 bits per heavy atom. The molecule has 2 N–H and O–H groups in total. The second-order valence-electron chi connectivity index (χ2n) is 4.19. The molecule has 2 bridgehead atoms. The fourth-order valence-electron chi connectivity index (χ4n) is 2.69. The van der Waals surface area contributed by atoms with E-state index in [1.807, 2.05) is 0 Å². The summed E-state index contributed by atoms with van der Waals surface area (Å²) < 4.78 is 5.45. The van der Waals surface area contributed by atoms with E-state index in [-0.39, 0.29) is 0 Å². The van der Waals surface area contributed by atoms with Crippen LogP contribution in [0.1, 0.15) is 19.8 Å². The van der Waals surface area contributed by atoms with Gasteiger partial charge in [0.1, 0.15) is 5.92 Å². The van der Waals surface area contributed by atoms with Crippen LogP contribution < -0.4 is 0 Å². The lowest BCUT2D eigenvalue weighted by Gasteiger charge is -2.28. The standard InChI is InChI=1S/C9H12O5/c1-9-3-2-4(14-9)5(7(10)11)6(9)8(12)13/h4-6H,2-3H2,1H3,(H,10,11)(H,12,13)/t4-,5+,6-,9+/m1/s1. The van der Waals surface area contributed by atoms with Crippen LogP contribution in [0.15, 0.2) is 0 Å². The van der Waals surface area contributed by atoms with Gasteiger partial charge in [0.05, 0.1) is 17.6 Å². The first-order valence-electron chi connectivity index (χ1n) is 4.59. The van der Waals surface area contributed by atoms with E-state index < -0.39 is 35.5 Å². The highest BCUT2D eigenvalue weighted by Gasteiger charge is 2.62. The summed E-state index contributed by atoms with van der Waals surface area (Å²) >= 11 is 0. The Bertz CT molecular complexity index is 300. The van der Waals surface area contributed by atoms with Crippen molar-refractivity contribution in [3.8, 4) is 0 Å². The van der Waals surface area contributed by atoms with Gasteiger partial charge in [0.15, 0.2) is 0 Å². The summed E-state index contributed by atoms with van der Waals surface area (Å²) in [4.78, 5) is 21.9. The molecule has 78 valence electrons. The van der Waals surface area contributed by atoms with E-state index >= 15 is 0 Å². The topological polar surface area (TPSA) is 83.8 Å². The highest BCUT2D eigenvalue weighted by Crippen LogP contribution is 2.51. The van der Waals surface area contributed by atoms with Gasteiger partial charge in [0.25, 0.3) is 0 Å². The molecule has 0 aromatic rings. The second kappa shape index (κ2) is 2.70. The normalized spacial score (nSPS) is 45.4. The average molecular weight is 200 g/mol. The summed E-state index contributed by atoms with van der Waals surface area (Å²) in [6, 6.07) is 0. The lowest BCUT2D eigenvalue weighted by molar-refractivity contribution is -0.155. The molecule has 0 radical (unpaired) electrons. The Balaban J connectivity index is 2.35. The van der Waals surface area contributed by atoms with Crippen LogP contribution in [0.25, 0.3) is 0 Å². The highest BCUT2D eigenvalue weighted by molar-refractivity contribution is 5.82. The lowest BCUT2D eigenvalue weighted by atomic mass is 9.72. The van der Waals surface area contributed by atoms with Crippen LogP contribution in [0.5, 0.6) is 0 Å². The van der Waals surface area contributed by atoms with E-state index in [4.69, 9.17) is 14.9 Å². The zero-order valence-corrected chi connectivity index (χ0v) is 7.77. The van der Waals surface area contributed by atoms with Crippen LogP contribution in [0, 0.1) is 11.8 Å². The van der Waals surface area contributed by atoms with Gasteiger partial charge in [-0.3, -0.25) is 9.59 Å². The number of fused-ring (bicyclic) bond motifs is 2. The molecule has 2 saturated heterocycles. The molecule has 2 rings (SSSR count). The number of carbonyl (C=O) groups is 2. The number of rotatable bonds is 2. The molecular formula is C9H12O5. The van der Waals surface area contributed by atoms with Crippen molar-refractivity contribution < 1.29 is 24.5 Å². The highest BCUT2D eigenvalue weighted by atomic mass is 16.5. The molecule has 0 spiro atoms. The third-order valence-corrected chi connectivity index (χ3v) is 3.31. The summed E-state index contributed by atoms with van der Waals surface area (Å²) in [5.41, 5.74) is -0.778. The number of aliphatic carboxylic acids is 2. The lowest BCUT2D eigenvalue weighted by Crippen LogP contribution is -2.43. The Morgan fingerprint density at radius 2 is 2.00 bits per heavy atom. The van der Waals surface area contributed by atoms with Gasteiger partial charge in [-0.05, 0) is 19.8 Å². The minimum atomic E-state index is -1.07. The number of hydrogen-bond acceptors (Lipinski definition) is 3. The largest absolute Gasteiger partial charge is 0.481 e. The summed E-state index contributed by atoms with van der Waals surface area (Å²) in [6.07, 6.45) is 0.869. The molecule has 5 heteroatoms. The van der Waals surface area contributed by atoms with E-state index in [0.717, 1.165) is 0 Å². The van der Waals surface area contributed by atoms with Crippen molar-refractivity contribution in [3.63, 3.8) is 0 Å². The summed E-state index contributed by atoms with van der Waals surface area (Å²) in [5.74, 6) is -3.92. The third kappa shape index (κ3) is 1.05. The van der Waals surface area contributed by atoms with Crippen LogP contribution >= 0.6 is 0 Å². The van der Waals surface area contributed by atoms with Gasteiger partial charge in [-0.1, -0.05) is 0 Å². The van der Waals surface area contributed by atoms with Gasteiger partial charge in [-0.15, -0.1) is 0 Å². The van der Waals surface area contributed by atoms with Crippen molar-refractivity contribution in [2.75, 3.05) is 0 Å². The molecule has 2 aliphatic heterocycles. The monoisotopic (exact) mass is 200 g/mol. The molecule has 0 unspecified atom stereocenters. The predicted molar refractivity (Wildman–Crippen MR) is 44.8 cm³/mol. The molecule has 2 fully saturated rings. The van der Waals surface area contributed by atoms with Crippen LogP contribution in [0.3, 0.4) is 0 Å². The number of hydrogen-bond donors (Lipinski definition) is 2. The van der Waals surface area contributed by atoms with Crippen molar-refractivity contribution in [2.24, 2.45) is 11.8 Å². The molecular weight excluding hydrogens is 188 g/mol. The van der Waals surface area contributed by atoms with E-state index in [0.29, 0.717) is 12.8 Å². The number of carboxylic acids is 2. The first kappa shape index (κ1) is 9.45. The van der Waals surface area contributed by atoms with Crippen molar-refractivity contribution in [3.05, 3.63) is 0 Å². The maximum absolute atomic E-state index is 11.0. The Kier molecular flexibility index (Phi) is 1.82. The summed E-state index contributed by atoms with van der Waals surface area (Å²) in [5, 5.41) is 17.9. The Morgan fingerprint density at radius 3 is 2.43 bits per heavy atom. The molecule has 4 atom stereocenters. The van der Waals surface area contributed by atoms with Gasteiger partial charge in [-0.2, -0.15) is 0 Å². The van der Waals surface area contributed by atoms with Gasteiger partial charge in [-0.25, -0.2) is 0 Å². The Hall–Kier alpha value is -1.10. The van der Waals surface area contributed by atoms with Gasteiger partial charge in [0, 0.05) is 0 Å². The maximum atomic E-state index is 11.0. The minimum Gasteiger partial charge on any atom is -0.481 e. The van der Waals surface area contributed by atoms with E-state index in [9.17, 15) is 9.59 Å². The van der Waals surface area contributed by atoms with Gasteiger partial charge < -0.3 is 14.9 Å². The van der Waals surface area contributed by atoms with Gasteiger partial charge >= 0.3 is 11.9 Å². The zero-order chi connectivity index (χ0) is 10.5. The SMILES string of the molecule is C[C@@]12CC[C@@H](O1)[C@H](C(=O)O)[C@@H]2C(=O)O. The summed E-state index contributed by atoms with van der Waals surface area (Å²) in [7, 11) is 0. The van der Waals surface area contributed by atoms with Gasteiger partial charge in [0.2, 0.25) is 0 Å². The maximum Gasteiger partial charge on any atom is 0.310 e.